The van der Waals surface area contributed by atoms with Crippen molar-refractivity contribution in [2.45, 2.75) is 18.9 Å². The minimum Gasteiger partial charge on any atom is -0.479 e. The van der Waals surface area contributed by atoms with E-state index in [1.165, 1.54) is 0 Å². The van der Waals surface area contributed by atoms with Gasteiger partial charge in [0.2, 0.25) is 0 Å². The Kier molecular flexibility index (Phi) is 5.06. The Bertz CT molecular complexity index is 626. The van der Waals surface area contributed by atoms with E-state index >= 15 is 0 Å². The SMILES string of the molecule is CCC(Nc1ccc(Br)cc1)(C(=O)O)c1ccc(Br)cc1. The summed E-state index contributed by atoms with van der Waals surface area (Å²) >= 11 is 6.75. The Morgan fingerprint density at radius 2 is 1.52 bits per heavy atom. The van der Waals surface area contributed by atoms with Crippen LogP contribution in [0.25, 0.3) is 0 Å². The van der Waals surface area contributed by atoms with E-state index in [0.717, 1.165) is 20.2 Å². The quantitative estimate of drug-likeness (QED) is 0.725. The summed E-state index contributed by atoms with van der Waals surface area (Å²) in [4.78, 5) is 11.9. The molecule has 0 amide bonds. The van der Waals surface area contributed by atoms with E-state index in [1.54, 1.807) is 0 Å². The fourth-order valence-electron chi connectivity index (χ4n) is 2.21. The zero-order valence-electron chi connectivity index (χ0n) is 11.4. The van der Waals surface area contributed by atoms with Crippen molar-refractivity contribution < 1.29 is 9.90 Å². The highest BCUT2D eigenvalue weighted by Gasteiger charge is 2.38. The molecule has 0 spiro atoms. The largest absolute Gasteiger partial charge is 0.479 e. The van der Waals surface area contributed by atoms with Crippen LogP contribution in [0.15, 0.2) is 57.5 Å². The van der Waals surface area contributed by atoms with E-state index in [1.807, 2.05) is 55.5 Å². The average Bonchev–Trinajstić information content (AvgIpc) is 2.47. The number of benzene rings is 2. The van der Waals surface area contributed by atoms with Crippen molar-refractivity contribution in [3.8, 4) is 0 Å². The maximum atomic E-state index is 11.9. The third kappa shape index (κ3) is 3.47. The van der Waals surface area contributed by atoms with Gasteiger partial charge >= 0.3 is 5.97 Å². The zero-order chi connectivity index (χ0) is 15.5. The van der Waals surface area contributed by atoms with E-state index in [-0.39, 0.29) is 0 Å². The molecule has 0 aliphatic carbocycles. The second-order valence-electron chi connectivity index (χ2n) is 4.70. The summed E-state index contributed by atoms with van der Waals surface area (Å²) in [6.45, 7) is 1.86. The number of aliphatic carboxylic acids is 1. The van der Waals surface area contributed by atoms with Gasteiger partial charge in [0.05, 0.1) is 0 Å². The van der Waals surface area contributed by atoms with Crippen LogP contribution in [0.5, 0.6) is 0 Å². The first-order chi connectivity index (χ1) is 9.98. The number of hydrogen-bond donors (Lipinski definition) is 2. The minimum absolute atomic E-state index is 0.431. The predicted molar refractivity (Wildman–Crippen MR) is 91.5 cm³/mol. The second-order valence-corrected chi connectivity index (χ2v) is 6.53. The van der Waals surface area contributed by atoms with Gasteiger partial charge in [-0.3, -0.25) is 0 Å². The molecular formula is C16H15Br2NO2. The molecule has 0 aliphatic heterocycles. The fourth-order valence-corrected chi connectivity index (χ4v) is 2.74. The van der Waals surface area contributed by atoms with Crippen LogP contribution >= 0.6 is 31.9 Å². The van der Waals surface area contributed by atoms with Gasteiger partial charge in [0.15, 0.2) is 5.54 Å². The van der Waals surface area contributed by atoms with Crippen LogP contribution in [0.1, 0.15) is 18.9 Å². The van der Waals surface area contributed by atoms with Crippen LogP contribution < -0.4 is 5.32 Å². The van der Waals surface area contributed by atoms with E-state index in [4.69, 9.17) is 0 Å². The minimum atomic E-state index is -1.14. The molecule has 1 atom stereocenters. The van der Waals surface area contributed by atoms with Crippen molar-refractivity contribution in [3.63, 3.8) is 0 Å². The van der Waals surface area contributed by atoms with Crippen LogP contribution in [0.3, 0.4) is 0 Å². The molecular weight excluding hydrogens is 398 g/mol. The van der Waals surface area contributed by atoms with Gasteiger partial charge in [0, 0.05) is 14.6 Å². The number of nitrogens with one attached hydrogen (secondary N) is 1. The summed E-state index contributed by atoms with van der Waals surface area (Å²) < 4.78 is 1.87. The fraction of sp³-hybridized carbons (Fsp3) is 0.188. The lowest BCUT2D eigenvalue weighted by Crippen LogP contribution is -2.43. The molecule has 21 heavy (non-hydrogen) atoms. The lowest BCUT2D eigenvalue weighted by molar-refractivity contribution is -0.142. The highest BCUT2D eigenvalue weighted by molar-refractivity contribution is 9.10. The topological polar surface area (TPSA) is 49.3 Å². The van der Waals surface area contributed by atoms with Crippen LogP contribution in [0.2, 0.25) is 0 Å². The maximum Gasteiger partial charge on any atom is 0.334 e. The molecule has 0 aromatic heterocycles. The van der Waals surface area contributed by atoms with Crippen LogP contribution in [-0.2, 0) is 10.3 Å². The van der Waals surface area contributed by atoms with Gasteiger partial charge in [-0.25, -0.2) is 4.79 Å². The van der Waals surface area contributed by atoms with Crippen LogP contribution in [0.4, 0.5) is 5.69 Å². The molecule has 0 heterocycles. The molecule has 5 heteroatoms. The highest BCUT2D eigenvalue weighted by atomic mass is 79.9. The number of halogens is 2. The Hall–Kier alpha value is -1.33. The molecule has 1 unspecified atom stereocenters. The van der Waals surface area contributed by atoms with E-state index in [9.17, 15) is 9.90 Å². The molecule has 110 valence electrons. The third-order valence-corrected chi connectivity index (χ3v) is 4.49. The standard InChI is InChI=1S/C16H15Br2NO2/c1-2-16(15(20)21,11-3-5-12(17)6-4-11)19-14-9-7-13(18)8-10-14/h3-10,19H,2H2,1H3,(H,20,21). The first kappa shape index (κ1) is 16.0. The summed E-state index contributed by atoms with van der Waals surface area (Å²) in [5.41, 5.74) is 0.350. The summed E-state index contributed by atoms with van der Waals surface area (Å²) in [6, 6.07) is 14.8. The number of carbonyl (C=O) groups is 1. The van der Waals surface area contributed by atoms with Gasteiger partial charge < -0.3 is 10.4 Å². The molecule has 0 aliphatic rings. The summed E-state index contributed by atoms with van der Waals surface area (Å²) in [6.07, 6.45) is 0.431. The molecule has 3 nitrogen and oxygen atoms in total. The Morgan fingerprint density at radius 1 is 1.05 bits per heavy atom. The van der Waals surface area contributed by atoms with Crippen LogP contribution in [-0.4, -0.2) is 11.1 Å². The number of carboxylic acids is 1. The first-order valence-corrected chi connectivity index (χ1v) is 8.10. The van der Waals surface area contributed by atoms with Crippen molar-refractivity contribution in [2.24, 2.45) is 0 Å². The highest BCUT2D eigenvalue weighted by Crippen LogP contribution is 2.31. The van der Waals surface area contributed by atoms with Gasteiger partial charge in [-0.05, 0) is 48.4 Å². The number of hydrogen-bond acceptors (Lipinski definition) is 2. The van der Waals surface area contributed by atoms with Gasteiger partial charge in [-0.15, -0.1) is 0 Å². The van der Waals surface area contributed by atoms with Crippen molar-refractivity contribution in [1.29, 1.82) is 0 Å². The molecule has 0 radical (unpaired) electrons. The van der Waals surface area contributed by atoms with Crippen molar-refractivity contribution >= 4 is 43.5 Å². The molecule has 2 N–H and O–H groups in total. The molecule has 0 saturated carbocycles. The summed E-state index contributed by atoms with van der Waals surface area (Å²) in [7, 11) is 0. The monoisotopic (exact) mass is 411 g/mol. The Morgan fingerprint density at radius 3 is 1.95 bits per heavy atom. The normalized spacial score (nSPS) is 13.5. The smallest absolute Gasteiger partial charge is 0.334 e. The second kappa shape index (κ2) is 6.62. The van der Waals surface area contributed by atoms with E-state index in [0.29, 0.717) is 6.42 Å². The number of rotatable bonds is 5. The van der Waals surface area contributed by atoms with Gasteiger partial charge in [0.25, 0.3) is 0 Å². The van der Waals surface area contributed by atoms with Gasteiger partial charge in [-0.1, -0.05) is 50.9 Å². The molecule has 2 aromatic rings. The van der Waals surface area contributed by atoms with E-state index in [2.05, 4.69) is 37.2 Å². The molecule has 2 aromatic carbocycles. The lowest BCUT2D eigenvalue weighted by Gasteiger charge is -2.31. The molecule has 0 fully saturated rings. The Balaban J connectivity index is 2.44. The first-order valence-electron chi connectivity index (χ1n) is 6.51. The third-order valence-electron chi connectivity index (χ3n) is 3.43. The predicted octanol–water partition coefficient (Wildman–Crippen LogP) is 5.01. The molecule has 0 saturated heterocycles. The maximum absolute atomic E-state index is 11.9. The Labute approximate surface area is 140 Å². The van der Waals surface area contributed by atoms with Crippen molar-refractivity contribution in [3.05, 3.63) is 63.0 Å². The number of anilines is 1. The van der Waals surface area contributed by atoms with Crippen molar-refractivity contribution in [2.75, 3.05) is 5.32 Å². The molecule has 0 bridgehead atoms. The van der Waals surface area contributed by atoms with Crippen molar-refractivity contribution in [1.82, 2.24) is 0 Å². The lowest BCUT2D eigenvalue weighted by atomic mass is 9.87. The molecule has 2 rings (SSSR count). The summed E-state index contributed by atoms with van der Waals surface area (Å²) in [5.74, 6) is -0.893. The average molecular weight is 413 g/mol. The van der Waals surface area contributed by atoms with Gasteiger partial charge in [-0.2, -0.15) is 0 Å². The zero-order valence-corrected chi connectivity index (χ0v) is 14.6. The van der Waals surface area contributed by atoms with Gasteiger partial charge in [0.1, 0.15) is 0 Å². The number of carboxylic acid groups (broad SMARTS) is 1. The van der Waals surface area contributed by atoms with Crippen LogP contribution in [0, 0.1) is 0 Å². The van der Waals surface area contributed by atoms with E-state index < -0.39 is 11.5 Å². The summed E-state index contributed by atoms with van der Waals surface area (Å²) in [5, 5.41) is 12.9.